The molecule has 1 aromatic heterocycles. The molecule has 0 radical (unpaired) electrons. The van der Waals surface area contributed by atoms with E-state index in [2.05, 4.69) is 24.1 Å². The summed E-state index contributed by atoms with van der Waals surface area (Å²) in [6, 6.07) is 12.5. The Hall–Kier alpha value is -2.40. The molecule has 1 N–H and O–H groups in total. The van der Waals surface area contributed by atoms with Crippen molar-refractivity contribution in [3.8, 4) is 0 Å². The van der Waals surface area contributed by atoms with Gasteiger partial charge in [-0.25, -0.2) is 0 Å². The lowest BCUT2D eigenvalue weighted by atomic mass is 10.2. The standard InChI is InChI=1S/C17H21N3O2/c1-3-19(4-2)13-14-8-7-9-15(12-14)18-17(21)16-10-5-6-11-20(16)22/h5-12H,3-4,13H2,1-2H3,(H,18,21). The van der Waals surface area contributed by atoms with Gasteiger partial charge in [0.2, 0.25) is 0 Å². The average Bonchev–Trinajstić information content (AvgIpc) is 2.53. The molecule has 0 aliphatic carbocycles. The first kappa shape index (κ1) is 16.0. The Morgan fingerprint density at radius 3 is 2.64 bits per heavy atom. The summed E-state index contributed by atoms with van der Waals surface area (Å²) in [5, 5.41) is 14.4. The van der Waals surface area contributed by atoms with E-state index < -0.39 is 5.91 Å². The molecule has 5 nitrogen and oxygen atoms in total. The lowest BCUT2D eigenvalue weighted by molar-refractivity contribution is -0.607. The zero-order chi connectivity index (χ0) is 15.9. The molecule has 0 atom stereocenters. The molecule has 0 fully saturated rings. The largest absolute Gasteiger partial charge is 0.618 e. The van der Waals surface area contributed by atoms with Crippen LogP contribution >= 0.6 is 0 Å². The smallest absolute Gasteiger partial charge is 0.321 e. The molecule has 5 heteroatoms. The van der Waals surface area contributed by atoms with Gasteiger partial charge in [-0.2, -0.15) is 4.73 Å². The number of hydrogen-bond acceptors (Lipinski definition) is 3. The van der Waals surface area contributed by atoms with Gasteiger partial charge in [0, 0.05) is 24.4 Å². The van der Waals surface area contributed by atoms with Crippen molar-refractivity contribution in [3.63, 3.8) is 0 Å². The molecule has 2 aromatic rings. The van der Waals surface area contributed by atoms with Gasteiger partial charge < -0.3 is 10.5 Å². The van der Waals surface area contributed by atoms with E-state index in [4.69, 9.17) is 0 Å². The zero-order valence-electron chi connectivity index (χ0n) is 13.0. The summed E-state index contributed by atoms with van der Waals surface area (Å²) in [5.41, 5.74) is 1.90. The summed E-state index contributed by atoms with van der Waals surface area (Å²) in [5.74, 6) is -0.407. The number of benzene rings is 1. The zero-order valence-corrected chi connectivity index (χ0v) is 13.0. The highest BCUT2D eigenvalue weighted by Crippen LogP contribution is 2.13. The maximum Gasteiger partial charge on any atom is 0.321 e. The normalized spacial score (nSPS) is 10.7. The molecule has 1 amide bonds. The van der Waals surface area contributed by atoms with Crippen molar-refractivity contribution in [2.45, 2.75) is 20.4 Å². The summed E-state index contributed by atoms with van der Waals surface area (Å²) in [7, 11) is 0. The third-order valence-corrected chi connectivity index (χ3v) is 3.54. The van der Waals surface area contributed by atoms with Crippen LogP contribution in [-0.2, 0) is 6.54 Å². The van der Waals surface area contributed by atoms with E-state index in [1.807, 2.05) is 24.3 Å². The van der Waals surface area contributed by atoms with Crippen molar-refractivity contribution in [3.05, 3.63) is 65.1 Å². The van der Waals surface area contributed by atoms with Gasteiger partial charge in [0.25, 0.3) is 5.69 Å². The van der Waals surface area contributed by atoms with Crippen LogP contribution in [0, 0.1) is 5.21 Å². The molecule has 0 saturated carbocycles. The number of rotatable bonds is 6. The van der Waals surface area contributed by atoms with E-state index in [-0.39, 0.29) is 5.69 Å². The molecule has 22 heavy (non-hydrogen) atoms. The SMILES string of the molecule is CCN(CC)Cc1cccc(NC(=O)c2cccc[n+]2[O-])c1. The van der Waals surface area contributed by atoms with Crippen LogP contribution in [0.1, 0.15) is 29.9 Å². The fourth-order valence-corrected chi connectivity index (χ4v) is 2.25. The third-order valence-electron chi connectivity index (χ3n) is 3.54. The van der Waals surface area contributed by atoms with Crippen LogP contribution in [0.25, 0.3) is 0 Å². The van der Waals surface area contributed by atoms with Crippen LogP contribution in [-0.4, -0.2) is 23.9 Å². The maximum atomic E-state index is 12.1. The Morgan fingerprint density at radius 2 is 1.95 bits per heavy atom. The summed E-state index contributed by atoms with van der Waals surface area (Å²) in [4.78, 5) is 14.4. The number of carbonyl (C=O) groups excluding carboxylic acids is 1. The van der Waals surface area contributed by atoms with Crippen LogP contribution in [0.5, 0.6) is 0 Å². The second kappa shape index (κ2) is 7.56. The number of pyridine rings is 1. The van der Waals surface area contributed by atoms with Gasteiger partial charge in [-0.3, -0.25) is 9.69 Å². The molecule has 0 aliphatic rings. The van der Waals surface area contributed by atoms with Crippen LogP contribution in [0.15, 0.2) is 48.7 Å². The quantitative estimate of drug-likeness (QED) is 0.658. The van der Waals surface area contributed by atoms with E-state index >= 15 is 0 Å². The molecule has 1 heterocycles. The summed E-state index contributed by atoms with van der Waals surface area (Å²) < 4.78 is 0.565. The van der Waals surface area contributed by atoms with E-state index in [1.54, 1.807) is 12.1 Å². The van der Waals surface area contributed by atoms with Gasteiger partial charge in [-0.1, -0.05) is 26.0 Å². The molecule has 0 unspecified atom stereocenters. The fourth-order valence-electron chi connectivity index (χ4n) is 2.25. The van der Waals surface area contributed by atoms with E-state index in [9.17, 15) is 10.0 Å². The van der Waals surface area contributed by atoms with Gasteiger partial charge in [-0.15, -0.1) is 0 Å². The minimum Gasteiger partial charge on any atom is -0.618 e. The van der Waals surface area contributed by atoms with Gasteiger partial charge in [-0.05, 0) is 36.9 Å². The van der Waals surface area contributed by atoms with Crippen LogP contribution < -0.4 is 10.0 Å². The third kappa shape index (κ3) is 4.05. The van der Waals surface area contributed by atoms with Crippen molar-refractivity contribution in [2.24, 2.45) is 0 Å². The molecule has 0 bridgehead atoms. The highest BCUT2D eigenvalue weighted by atomic mass is 16.5. The molecule has 116 valence electrons. The maximum absolute atomic E-state index is 12.1. The Bertz CT molecular complexity index is 639. The summed E-state index contributed by atoms with van der Waals surface area (Å²) in [6.45, 7) is 7.04. The van der Waals surface area contributed by atoms with Crippen molar-refractivity contribution < 1.29 is 9.52 Å². The summed E-state index contributed by atoms with van der Waals surface area (Å²) >= 11 is 0. The number of amides is 1. The van der Waals surface area contributed by atoms with Crippen molar-refractivity contribution in [1.82, 2.24) is 4.90 Å². The lowest BCUT2D eigenvalue weighted by Crippen LogP contribution is -2.36. The van der Waals surface area contributed by atoms with E-state index in [0.717, 1.165) is 25.2 Å². The molecule has 1 aromatic carbocycles. The van der Waals surface area contributed by atoms with Crippen molar-refractivity contribution in [1.29, 1.82) is 0 Å². The Labute approximate surface area is 130 Å². The predicted octanol–water partition coefficient (Wildman–Crippen LogP) is 2.41. The number of carbonyl (C=O) groups is 1. The first-order valence-corrected chi connectivity index (χ1v) is 7.44. The number of nitrogens with zero attached hydrogens (tertiary/aromatic N) is 2. The Kier molecular flexibility index (Phi) is 5.49. The van der Waals surface area contributed by atoms with Gasteiger partial charge in [0.1, 0.15) is 0 Å². The average molecular weight is 299 g/mol. The number of aromatic nitrogens is 1. The number of anilines is 1. The Balaban J connectivity index is 2.10. The number of nitrogens with one attached hydrogen (secondary N) is 1. The fraction of sp³-hybridized carbons (Fsp3) is 0.294. The highest BCUT2D eigenvalue weighted by molar-refractivity contribution is 6.01. The van der Waals surface area contributed by atoms with Gasteiger partial charge >= 0.3 is 5.91 Å². The minimum absolute atomic E-state index is 0.0802. The van der Waals surface area contributed by atoms with Gasteiger partial charge in [0.15, 0.2) is 6.20 Å². The molecular formula is C17H21N3O2. The molecule has 0 spiro atoms. The van der Waals surface area contributed by atoms with Gasteiger partial charge in [0.05, 0.1) is 0 Å². The molecule has 2 rings (SSSR count). The minimum atomic E-state index is -0.407. The Morgan fingerprint density at radius 1 is 1.18 bits per heavy atom. The van der Waals surface area contributed by atoms with Crippen LogP contribution in [0.3, 0.4) is 0 Å². The molecule has 0 aliphatic heterocycles. The van der Waals surface area contributed by atoms with Crippen molar-refractivity contribution in [2.75, 3.05) is 18.4 Å². The highest BCUT2D eigenvalue weighted by Gasteiger charge is 2.15. The van der Waals surface area contributed by atoms with Crippen LogP contribution in [0.2, 0.25) is 0 Å². The molecule has 0 saturated heterocycles. The predicted molar refractivity (Wildman–Crippen MR) is 86.4 cm³/mol. The van der Waals surface area contributed by atoms with Crippen molar-refractivity contribution >= 4 is 11.6 Å². The molecular weight excluding hydrogens is 278 g/mol. The lowest BCUT2D eigenvalue weighted by Gasteiger charge is -2.18. The first-order chi connectivity index (χ1) is 10.6. The first-order valence-electron chi connectivity index (χ1n) is 7.44. The van der Waals surface area contributed by atoms with Crippen LogP contribution in [0.4, 0.5) is 5.69 Å². The van der Waals surface area contributed by atoms with E-state index in [0.29, 0.717) is 10.4 Å². The number of hydrogen-bond donors (Lipinski definition) is 1. The topological polar surface area (TPSA) is 59.3 Å². The second-order valence-electron chi connectivity index (χ2n) is 5.03. The monoisotopic (exact) mass is 299 g/mol. The van der Waals surface area contributed by atoms with E-state index in [1.165, 1.54) is 12.3 Å². The summed E-state index contributed by atoms with van der Waals surface area (Å²) in [6.07, 6.45) is 1.31. The second-order valence-corrected chi connectivity index (χ2v) is 5.03.